The summed E-state index contributed by atoms with van der Waals surface area (Å²) in [5.74, 6) is 0.723. The fraction of sp³-hybridized carbons (Fsp3) is 0.381. The van der Waals surface area contributed by atoms with Crippen molar-refractivity contribution < 1.29 is 14.3 Å². The lowest BCUT2D eigenvalue weighted by Gasteiger charge is -2.41. The molecule has 2 aliphatic rings. The number of rotatable bonds is 2. The van der Waals surface area contributed by atoms with E-state index in [2.05, 4.69) is 23.5 Å². The van der Waals surface area contributed by atoms with E-state index in [1.165, 1.54) is 12.7 Å². The van der Waals surface area contributed by atoms with Crippen molar-refractivity contribution in [3.8, 4) is 16.9 Å². The zero-order chi connectivity index (χ0) is 17.3. The smallest absolute Gasteiger partial charge is 0.337 e. The molecule has 2 aliphatic heterocycles. The number of fused-ring (bicyclic) bond motifs is 1. The minimum atomic E-state index is -0.308. The molecule has 0 amide bonds. The van der Waals surface area contributed by atoms with Gasteiger partial charge in [0.25, 0.3) is 0 Å². The summed E-state index contributed by atoms with van der Waals surface area (Å²) in [6.45, 7) is 2.08. The van der Waals surface area contributed by atoms with Crippen LogP contribution in [0.1, 0.15) is 35.2 Å². The largest absolute Gasteiger partial charge is 0.487 e. The van der Waals surface area contributed by atoms with E-state index in [-0.39, 0.29) is 11.6 Å². The van der Waals surface area contributed by atoms with E-state index < -0.39 is 0 Å². The fourth-order valence-corrected chi connectivity index (χ4v) is 3.85. The predicted molar refractivity (Wildman–Crippen MR) is 97.0 cm³/mol. The lowest BCUT2D eigenvalue weighted by atomic mass is 9.83. The van der Waals surface area contributed by atoms with Crippen molar-refractivity contribution in [2.75, 3.05) is 20.2 Å². The predicted octanol–water partition coefficient (Wildman–Crippen LogP) is 3.59. The molecule has 2 aromatic carbocycles. The van der Waals surface area contributed by atoms with Crippen molar-refractivity contribution in [3.05, 3.63) is 53.6 Å². The number of hydrogen-bond donors (Lipinski definition) is 1. The van der Waals surface area contributed by atoms with Crippen molar-refractivity contribution in [1.82, 2.24) is 5.32 Å². The summed E-state index contributed by atoms with van der Waals surface area (Å²) in [4.78, 5) is 11.6. The second-order valence-corrected chi connectivity index (χ2v) is 6.93. The Hall–Kier alpha value is -2.33. The van der Waals surface area contributed by atoms with Crippen molar-refractivity contribution in [2.24, 2.45) is 0 Å². The zero-order valence-corrected chi connectivity index (χ0v) is 14.5. The normalized spacial score (nSPS) is 18.3. The number of esters is 1. The molecule has 0 saturated carbocycles. The number of methoxy groups -OCH3 is 1. The first kappa shape index (κ1) is 16.2. The van der Waals surface area contributed by atoms with Crippen LogP contribution in [0, 0.1) is 0 Å². The van der Waals surface area contributed by atoms with Gasteiger partial charge >= 0.3 is 5.97 Å². The highest BCUT2D eigenvalue weighted by Crippen LogP contribution is 2.39. The molecule has 2 aromatic rings. The van der Waals surface area contributed by atoms with Gasteiger partial charge in [-0.1, -0.05) is 18.2 Å². The topological polar surface area (TPSA) is 47.6 Å². The maximum Gasteiger partial charge on any atom is 0.337 e. The third kappa shape index (κ3) is 3.14. The molecule has 0 atom stereocenters. The van der Waals surface area contributed by atoms with E-state index in [9.17, 15) is 4.79 Å². The number of carbonyl (C=O) groups excluding carboxylic acids is 1. The van der Waals surface area contributed by atoms with E-state index in [4.69, 9.17) is 9.47 Å². The molecule has 0 unspecified atom stereocenters. The van der Waals surface area contributed by atoms with Gasteiger partial charge in [0.05, 0.1) is 12.7 Å². The standard InChI is InChI=1S/C21H23NO3/c1-24-20(23)16-4-2-15(3-5-16)17-6-7-19-18(14-17)8-9-21(25-19)10-12-22-13-11-21/h2-7,14,22H,8-13H2,1H3. The van der Waals surface area contributed by atoms with Crippen molar-refractivity contribution in [1.29, 1.82) is 0 Å². The maximum absolute atomic E-state index is 11.6. The van der Waals surface area contributed by atoms with E-state index in [1.54, 1.807) is 12.1 Å². The summed E-state index contributed by atoms with van der Waals surface area (Å²) in [5.41, 5.74) is 4.12. The molecule has 0 radical (unpaired) electrons. The average molecular weight is 337 g/mol. The van der Waals surface area contributed by atoms with Gasteiger partial charge in [0.1, 0.15) is 11.4 Å². The minimum Gasteiger partial charge on any atom is -0.487 e. The molecule has 1 saturated heterocycles. The van der Waals surface area contributed by atoms with E-state index in [0.29, 0.717) is 5.56 Å². The summed E-state index contributed by atoms with van der Waals surface area (Å²) in [7, 11) is 1.40. The van der Waals surface area contributed by atoms with Crippen molar-refractivity contribution in [2.45, 2.75) is 31.3 Å². The van der Waals surface area contributed by atoms with Crippen molar-refractivity contribution >= 4 is 5.97 Å². The second-order valence-electron chi connectivity index (χ2n) is 6.93. The Morgan fingerprint density at radius 3 is 2.48 bits per heavy atom. The van der Waals surface area contributed by atoms with Gasteiger partial charge in [-0.25, -0.2) is 4.79 Å². The monoisotopic (exact) mass is 337 g/mol. The van der Waals surface area contributed by atoms with Gasteiger partial charge in [0, 0.05) is 0 Å². The number of nitrogens with one attached hydrogen (secondary N) is 1. The summed E-state index contributed by atoms with van der Waals surface area (Å²) < 4.78 is 11.2. The van der Waals surface area contributed by atoms with Crippen LogP contribution in [0.5, 0.6) is 5.75 Å². The Morgan fingerprint density at radius 2 is 1.76 bits per heavy atom. The Bertz CT molecular complexity index is 776. The van der Waals surface area contributed by atoms with Gasteiger partial charge in [-0.3, -0.25) is 0 Å². The molecular weight excluding hydrogens is 314 g/mol. The molecule has 1 fully saturated rings. The molecule has 0 aromatic heterocycles. The van der Waals surface area contributed by atoms with Gasteiger partial charge < -0.3 is 14.8 Å². The number of carbonyl (C=O) groups is 1. The van der Waals surface area contributed by atoms with Crippen molar-refractivity contribution in [3.63, 3.8) is 0 Å². The molecule has 0 bridgehead atoms. The quantitative estimate of drug-likeness (QED) is 0.851. The first-order chi connectivity index (χ1) is 12.2. The Labute approximate surface area is 148 Å². The number of aryl methyl sites for hydroxylation is 1. The van der Waals surface area contributed by atoms with Gasteiger partial charge in [-0.05, 0) is 79.7 Å². The highest BCUT2D eigenvalue weighted by molar-refractivity contribution is 5.90. The van der Waals surface area contributed by atoms with Gasteiger partial charge in [0.2, 0.25) is 0 Å². The molecule has 130 valence electrons. The first-order valence-corrected chi connectivity index (χ1v) is 8.91. The second kappa shape index (κ2) is 6.52. The third-order valence-electron chi connectivity index (χ3n) is 5.39. The molecule has 2 heterocycles. The SMILES string of the molecule is COC(=O)c1ccc(-c2ccc3c(c2)CCC2(CCNCC2)O3)cc1. The van der Waals surface area contributed by atoms with Gasteiger partial charge in [0.15, 0.2) is 0 Å². The number of hydrogen-bond acceptors (Lipinski definition) is 4. The fourth-order valence-electron chi connectivity index (χ4n) is 3.85. The lowest BCUT2D eigenvalue weighted by Crippen LogP contribution is -2.48. The van der Waals surface area contributed by atoms with Crippen LogP contribution in [0.25, 0.3) is 11.1 Å². The summed E-state index contributed by atoms with van der Waals surface area (Å²) in [5, 5.41) is 3.41. The van der Waals surface area contributed by atoms with Crippen LogP contribution in [0.3, 0.4) is 0 Å². The maximum atomic E-state index is 11.6. The lowest BCUT2D eigenvalue weighted by molar-refractivity contribution is 0.0170. The Morgan fingerprint density at radius 1 is 1.04 bits per heavy atom. The molecule has 0 aliphatic carbocycles. The summed E-state index contributed by atoms with van der Waals surface area (Å²) >= 11 is 0. The molecular formula is C21H23NO3. The number of piperidine rings is 1. The van der Waals surface area contributed by atoms with Crippen LogP contribution in [0.2, 0.25) is 0 Å². The molecule has 4 rings (SSSR count). The van der Waals surface area contributed by atoms with Crippen LogP contribution >= 0.6 is 0 Å². The van der Waals surface area contributed by atoms with E-state index in [1.807, 2.05) is 12.1 Å². The summed E-state index contributed by atoms with van der Waals surface area (Å²) in [6, 6.07) is 14.0. The molecule has 1 spiro atoms. The number of benzene rings is 2. The zero-order valence-electron chi connectivity index (χ0n) is 14.5. The third-order valence-corrected chi connectivity index (χ3v) is 5.39. The van der Waals surface area contributed by atoms with Gasteiger partial charge in [-0.15, -0.1) is 0 Å². The highest BCUT2D eigenvalue weighted by Gasteiger charge is 2.37. The molecule has 4 heteroatoms. The summed E-state index contributed by atoms with van der Waals surface area (Å²) in [6.07, 6.45) is 4.32. The first-order valence-electron chi connectivity index (χ1n) is 8.91. The molecule has 25 heavy (non-hydrogen) atoms. The van der Waals surface area contributed by atoms with E-state index >= 15 is 0 Å². The van der Waals surface area contributed by atoms with Gasteiger partial charge in [-0.2, -0.15) is 0 Å². The average Bonchev–Trinajstić information content (AvgIpc) is 2.68. The molecule has 1 N–H and O–H groups in total. The van der Waals surface area contributed by atoms with E-state index in [0.717, 1.165) is 55.6 Å². The van der Waals surface area contributed by atoms with Crippen LogP contribution in [0.4, 0.5) is 0 Å². The molecule has 4 nitrogen and oxygen atoms in total. The Balaban J connectivity index is 1.57. The van der Waals surface area contributed by atoms with Crippen LogP contribution in [-0.2, 0) is 11.2 Å². The van der Waals surface area contributed by atoms with Crippen LogP contribution in [-0.4, -0.2) is 31.8 Å². The number of ether oxygens (including phenoxy) is 2. The van der Waals surface area contributed by atoms with Crippen LogP contribution in [0.15, 0.2) is 42.5 Å². The Kier molecular flexibility index (Phi) is 4.22. The minimum absolute atomic E-state index is 0.0297. The van der Waals surface area contributed by atoms with Crippen LogP contribution < -0.4 is 10.1 Å². The highest BCUT2D eigenvalue weighted by atomic mass is 16.5.